The number of nitrogens with zero attached hydrogens (tertiary/aromatic N) is 1. The molecular formula is C26H41N5O5. The molecule has 4 unspecified atom stereocenters. The molecule has 0 bridgehead atoms. The molecule has 10 heteroatoms. The van der Waals surface area contributed by atoms with Gasteiger partial charge in [-0.25, -0.2) is 4.79 Å². The zero-order valence-corrected chi connectivity index (χ0v) is 21.3. The Hall–Kier alpha value is -2.98. The second-order valence-corrected chi connectivity index (χ2v) is 9.86. The van der Waals surface area contributed by atoms with Gasteiger partial charge in [0.05, 0.1) is 6.04 Å². The molecule has 1 heterocycles. The number of benzene rings is 1. The Kier molecular flexibility index (Phi) is 11.8. The Balaban J connectivity index is 2.11. The lowest BCUT2D eigenvalue weighted by molar-refractivity contribution is -0.145. The molecule has 0 radical (unpaired) electrons. The highest BCUT2D eigenvalue weighted by molar-refractivity contribution is 5.94. The van der Waals surface area contributed by atoms with Crippen LogP contribution in [0.4, 0.5) is 0 Å². The molecule has 0 aliphatic carbocycles. The number of unbranched alkanes of at least 4 members (excludes halogenated alkanes) is 1. The lowest BCUT2D eigenvalue weighted by Crippen LogP contribution is -2.57. The Morgan fingerprint density at radius 1 is 1.08 bits per heavy atom. The molecule has 1 aromatic rings. The lowest BCUT2D eigenvalue weighted by atomic mass is 10.0. The van der Waals surface area contributed by atoms with Crippen molar-refractivity contribution in [1.29, 1.82) is 0 Å². The molecule has 1 saturated heterocycles. The molecule has 10 nitrogen and oxygen atoms in total. The second-order valence-electron chi connectivity index (χ2n) is 9.86. The monoisotopic (exact) mass is 503 g/mol. The van der Waals surface area contributed by atoms with E-state index in [4.69, 9.17) is 11.5 Å². The van der Waals surface area contributed by atoms with Crippen molar-refractivity contribution in [3.05, 3.63) is 35.9 Å². The van der Waals surface area contributed by atoms with Crippen LogP contribution in [0, 0.1) is 5.92 Å². The van der Waals surface area contributed by atoms with Crippen molar-refractivity contribution in [2.75, 3.05) is 13.1 Å². The molecule has 0 saturated carbocycles. The third-order valence-electron chi connectivity index (χ3n) is 6.36. The predicted octanol–water partition coefficient (Wildman–Crippen LogP) is 0.777. The van der Waals surface area contributed by atoms with Gasteiger partial charge < -0.3 is 32.1 Å². The lowest BCUT2D eigenvalue weighted by Gasteiger charge is -2.30. The van der Waals surface area contributed by atoms with Gasteiger partial charge in [0.2, 0.25) is 17.7 Å². The van der Waals surface area contributed by atoms with Crippen LogP contribution in [0.3, 0.4) is 0 Å². The molecule has 1 aromatic carbocycles. The SMILES string of the molecule is CC(C)CC(N)C(=O)NC(CCCCN)C(=O)N1CCCC1C(=O)NC(Cc1ccccc1)C(=O)O. The maximum atomic E-state index is 13.5. The summed E-state index contributed by atoms with van der Waals surface area (Å²) in [5.41, 5.74) is 12.4. The van der Waals surface area contributed by atoms with E-state index in [0.717, 1.165) is 5.56 Å². The third-order valence-corrected chi connectivity index (χ3v) is 6.36. The zero-order valence-electron chi connectivity index (χ0n) is 21.3. The Labute approximate surface area is 213 Å². The summed E-state index contributed by atoms with van der Waals surface area (Å²) in [6, 6.07) is 5.56. The quantitative estimate of drug-likeness (QED) is 0.234. The smallest absolute Gasteiger partial charge is 0.326 e. The first-order chi connectivity index (χ1) is 17.1. The summed E-state index contributed by atoms with van der Waals surface area (Å²) >= 11 is 0. The number of carbonyl (C=O) groups is 4. The van der Waals surface area contributed by atoms with Crippen LogP contribution in [0.2, 0.25) is 0 Å². The number of aliphatic carboxylic acids is 1. The van der Waals surface area contributed by atoms with Crippen LogP contribution in [0.15, 0.2) is 30.3 Å². The molecule has 0 aromatic heterocycles. The van der Waals surface area contributed by atoms with Crippen molar-refractivity contribution in [3.63, 3.8) is 0 Å². The summed E-state index contributed by atoms with van der Waals surface area (Å²) in [6.45, 7) is 4.75. The van der Waals surface area contributed by atoms with Crippen molar-refractivity contribution < 1.29 is 24.3 Å². The summed E-state index contributed by atoms with van der Waals surface area (Å²) in [6.07, 6.45) is 3.36. The summed E-state index contributed by atoms with van der Waals surface area (Å²) in [5.74, 6) is -2.18. The first-order valence-electron chi connectivity index (χ1n) is 12.8. The Morgan fingerprint density at radius 3 is 2.39 bits per heavy atom. The van der Waals surface area contributed by atoms with Crippen molar-refractivity contribution in [2.24, 2.45) is 17.4 Å². The number of carboxylic acid groups (broad SMARTS) is 1. The van der Waals surface area contributed by atoms with Gasteiger partial charge in [0.25, 0.3) is 0 Å². The summed E-state index contributed by atoms with van der Waals surface area (Å²) in [4.78, 5) is 52.5. The average Bonchev–Trinajstić information content (AvgIpc) is 3.33. The van der Waals surface area contributed by atoms with Crippen LogP contribution >= 0.6 is 0 Å². The van der Waals surface area contributed by atoms with Crippen LogP contribution in [0.1, 0.15) is 57.9 Å². The standard InChI is InChI=1S/C26H41N5O5/c1-17(2)15-19(28)23(32)29-20(11-6-7-13-27)25(34)31-14-8-12-22(31)24(33)30-21(26(35)36)16-18-9-4-3-5-10-18/h3-5,9-10,17,19-22H,6-8,11-16,27-28H2,1-2H3,(H,29,32)(H,30,33)(H,35,36). The fourth-order valence-electron chi connectivity index (χ4n) is 4.46. The van der Waals surface area contributed by atoms with E-state index >= 15 is 0 Å². The topological polar surface area (TPSA) is 168 Å². The molecule has 1 fully saturated rings. The summed E-state index contributed by atoms with van der Waals surface area (Å²) in [5, 5.41) is 15.1. The van der Waals surface area contributed by atoms with Gasteiger partial charge in [0, 0.05) is 13.0 Å². The van der Waals surface area contributed by atoms with Gasteiger partial charge >= 0.3 is 5.97 Å². The van der Waals surface area contributed by atoms with E-state index in [1.165, 1.54) is 4.90 Å². The highest BCUT2D eigenvalue weighted by atomic mass is 16.4. The van der Waals surface area contributed by atoms with Crippen LogP contribution in [-0.4, -0.2) is 71.0 Å². The van der Waals surface area contributed by atoms with E-state index in [2.05, 4.69) is 10.6 Å². The van der Waals surface area contributed by atoms with Crippen LogP contribution < -0.4 is 22.1 Å². The maximum Gasteiger partial charge on any atom is 0.326 e. The predicted molar refractivity (Wildman–Crippen MR) is 137 cm³/mol. The zero-order chi connectivity index (χ0) is 26.7. The molecule has 1 aliphatic rings. The number of hydrogen-bond acceptors (Lipinski definition) is 6. The Bertz CT molecular complexity index is 879. The van der Waals surface area contributed by atoms with Crippen molar-refractivity contribution in [3.8, 4) is 0 Å². The van der Waals surface area contributed by atoms with Crippen LogP contribution in [0.25, 0.3) is 0 Å². The molecule has 200 valence electrons. The molecule has 7 N–H and O–H groups in total. The van der Waals surface area contributed by atoms with Gasteiger partial charge in [0.1, 0.15) is 18.1 Å². The van der Waals surface area contributed by atoms with Gasteiger partial charge in [0.15, 0.2) is 0 Å². The van der Waals surface area contributed by atoms with Crippen molar-refractivity contribution >= 4 is 23.7 Å². The molecular weight excluding hydrogens is 462 g/mol. The number of nitrogens with one attached hydrogen (secondary N) is 2. The molecule has 2 rings (SSSR count). The highest BCUT2D eigenvalue weighted by Gasteiger charge is 2.39. The number of nitrogens with two attached hydrogens (primary N) is 2. The van der Waals surface area contributed by atoms with E-state index in [-0.39, 0.29) is 18.2 Å². The molecule has 4 atom stereocenters. The second kappa shape index (κ2) is 14.5. The minimum Gasteiger partial charge on any atom is -0.480 e. The van der Waals surface area contributed by atoms with E-state index in [0.29, 0.717) is 51.6 Å². The van der Waals surface area contributed by atoms with Gasteiger partial charge in [-0.3, -0.25) is 14.4 Å². The fraction of sp³-hybridized carbons (Fsp3) is 0.615. The van der Waals surface area contributed by atoms with Gasteiger partial charge in [-0.15, -0.1) is 0 Å². The van der Waals surface area contributed by atoms with E-state index in [9.17, 15) is 24.3 Å². The molecule has 3 amide bonds. The molecule has 36 heavy (non-hydrogen) atoms. The Morgan fingerprint density at radius 2 is 1.78 bits per heavy atom. The van der Waals surface area contributed by atoms with Gasteiger partial charge in [-0.05, 0) is 56.6 Å². The van der Waals surface area contributed by atoms with Crippen LogP contribution in [-0.2, 0) is 25.6 Å². The maximum absolute atomic E-state index is 13.5. The third kappa shape index (κ3) is 8.91. The highest BCUT2D eigenvalue weighted by Crippen LogP contribution is 2.20. The van der Waals surface area contributed by atoms with Gasteiger partial charge in [-0.2, -0.15) is 0 Å². The largest absolute Gasteiger partial charge is 0.480 e. The molecule has 0 spiro atoms. The average molecular weight is 504 g/mol. The van der Waals surface area contributed by atoms with E-state index < -0.39 is 42.0 Å². The number of rotatable bonds is 14. The summed E-state index contributed by atoms with van der Waals surface area (Å²) in [7, 11) is 0. The number of likely N-dealkylation sites (tertiary alicyclic amines) is 1. The van der Waals surface area contributed by atoms with Gasteiger partial charge in [-0.1, -0.05) is 44.2 Å². The van der Waals surface area contributed by atoms with E-state index in [1.54, 1.807) is 24.3 Å². The normalized spacial score (nSPS) is 17.9. The van der Waals surface area contributed by atoms with Crippen LogP contribution in [0.5, 0.6) is 0 Å². The molecule has 1 aliphatic heterocycles. The first-order valence-corrected chi connectivity index (χ1v) is 12.8. The minimum atomic E-state index is -1.14. The first kappa shape index (κ1) is 29.3. The van der Waals surface area contributed by atoms with Crippen molar-refractivity contribution in [2.45, 2.75) is 83.0 Å². The number of hydrogen-bond donors (Lipinski definition) is 5. The fourth-order valence-corrected chi connectivity index (χ4v) is 4.46. The summed E-state index contributed by atoms with van der Waals surface area (Å²) < 4.78 is 0. The van der Waals surface area contributed by atoms with Crippen molar-refractivity contribution in [1.82, 2.24) is 15.5 Å². The number of carboxylic acids is 1. The number of amides is 3. The minimum absolute atomic E-state index is 0.133. The number of carbonyl (C=O) groups excluding carboxylic acids is 3. The van der Waals surface area contributed by atoms with E-state index in [1.807, 2.05) is 19.9 Å².